The molecule has 0 aliphatic rings. The van der Waals surface area contributed by atoms with Crippen LogP contribution in [0.5, 0.6) is 0 Å². The number of amides is 1. The maximum atomic E-state index is 11.5. The third kappa shape index (κ3) is 3.01. The normalized spacial score (nSPS) is 11.8. The first-order valence-corrected chi connectivity index (χ1v) is 4.45. The molecule has 0 aliphatic carbocycles. The summed E-state index contributed by atoms with van der Waals surface area (Å²) >= 11 is 0. The fourth-order valence-electron chi connectivity index (χ4n) is 1.01. The van der Waals surface area contributed by atoms with E-state index in [0.717, 1.165) is 0 Å². The zero-order chi connectivity index (χ0) is 11.3. The van der Waals surface area contributed by atoms with Crippen LogP contribution in [0.1, 0.15) is 23.7 Å². The SMILES string of the molecule is CC[C@H](NC(=O)c1ccnnc1)C(=O)O. The molecular weight excluding hydrogens is 198 g/mol. The Morgan fingerprint density at radius 3 is 2.73 bits per heavy atom. The van der Waals surface area contributed by atoms with Gasteiger partial charge in [0.2, 0.25) is 0 Å². The highest BCUT2D eigenvalue weighted by Gasteiger charge is 2.18. The van der Waals surface area contributed by atoms with E-state index in [2.05, 4.69) is 15.5 Å². The van der Waals surface area contributed by atoms with E-state index in [1.807, 2.05) is 0 Å². The Balaban J connectivity index is 2.67. The fourth-order valence-corrected chi connectivity index (χ4v) is 1.01. The van der Waals surface area contributed by atoms with Gasteiger partial charge < -0.3 is 10.4 Å². The van der Waals surface area contributed by atoms with Crippen molar-refractivity contribution in [2.45, 2.75) is 19.4 Å². The van der Waals surface area contributed by atoms with E-state index in [-0.39, 0.29) is 0 Å². The number of nitrogens with one attached hydrogen (secondary N) is 1. The molecule has 1 atom stereocenters. The lowest BCUT2D eigenvalue weighted by Gasteiger charge is -2.11. The standard InChI is InChI=1S/C9H11N3O3/c1-2-7(9(14)15)12-8(13)6-3-4-10-11-5-6/h3-5,7H,2H2,1H3,(H,12,13)(H,14,15)/t7-/m0/s1. The predicted octanol–water partition coefficient (Wildman–Crippen LogP) is 0.0696. The number of aliphatic carboxylic acids is 1. The third-order valence-corrected chi connectivity index (χ3v) is 1.86. The van der Waals surface area contributed by atoms with Crippen molar-refractivity contribution in [3.05, 3.63) is 24.0 Å². The molecule has 0 bridgehead atoms. The lowest BCUT2D eigenvalue weighted by atomic mass is 10.2. The molecule has 1 aromatic heterocycles. The molecule has 1 amide bonds. The molecule has 0 fully saturated rings. The van der Waals surface area contributed by atoms with Gasteiger partial charge in [-0.1, -0.05) is 6.92 Å². The molecule has 0 unspecified atom stereocenters. The van der Waals surface area contributed by atoms with Crippen molar-refractivity contribution in [3.8, 4) is 0 Å². The van der Waals surface area contributed by atoms with Gasteiger partial charge in [0, 0.05) is 0 Å². The van der Waals surface area contributed by atoms with E-state index in [9.17, 15) is 9.59 Å². The summed E-state index contributed by atoms with van der Waals surface area (Å²) in [6.07, 6.45) is 2.99. The molecule has 0 spiro atoms. The zero-order valence-electron chi connectivity index (χ0n) is 8.17. The van der Waals surface area contributed by atoms with Crippen LogP contribution >= 0.6 is 0 Å². The molecule has 6 nitrogen and oxygen atoms in total. The highest BCUT2D eigenvalue weighted by molar-refractivity contribution is 5.96. The molecule has 80 valence electrons. The summed E-state index contributed by atoms with van der Waals surface area (Å²) in [6, 6.07) is 0.599. The van der Waals surface area contributed by atoms with Gasteiger partial charge in [-0.05, 0) is 12.5 Å². The van der Waals surface area contributed by atoms with Gasteiger partial charge in [0.1, 0.15) is 6.04 Å². The molecule has 2 N–H and O–H groups in total. The molecule has 6 heteroatoms. The minimum Gasteiger partial charge on any atom is -0.480 e. The lowest BCUT2D eigenvalue weighted by molar-refractivity contribution is -0.139. The molecular formula is C9H11N3O3. The van der Waals surface area contributed by atoms with Crippen molar-refractivity contribution in [1.82, 2.24) is 15.5 Å². The van der Waals surface area contributed by atoms with Gasteiger partial charge in [-0.2, -0.15) is 10.2 Å². The van der Waals surface area contributed by atoms with Gasteiger partial charge in [0.05, 0.1) is 18.0 Å². The van der Waals surface area contributed by atoms with Crippen molar-refractivity contribution in [2.75, 3.05) is 0 Å². The maximum absolute atomic E-state index is 11.5. The number of carboxylic acid groups (broad SMARTS) is 1. The van der Waals surface area contributed by atoms with E-state index in [0.29, 0.717) is 12.0 Å². The molecule has 0 aliphatic heterocycles. The van der Waals surface area contributed by atoms with E-state index in [4.69, 9.17) is 5.11 Å². The minimum atomic E-state index is -1.05. The van der Waals surface area contributed by atoms with Crippen molar-refractivity contribution >= 4 is 11.9 Å². The number of aromatic nitrogens is 2. The lowest BCUT2D eigenvalue weighted by Crippen LogP contribution is -2.40. The Morgan fingerprint density at radius 2 is 2.27 bits per heavy atom. The summed E-state index contributed by atoms with van der Waals surface area (Å²) in [4.78, 5) is 22.1. The van der Waals surface area contributed by atoms with Gasteiger partial charge in [0.15, 0.2) is 0 Å². The molecule has 0 radical (unpaired) electrons. The number of nitrogens with zero attached hydrogens (tertiary/aromatic N) is 2. The van der Waals surface area contributed by atoms with Crippen molar-refractivity contribution in [3.63, 3.8) is 0 Å². The Bertz CT molecular complexity index is 353. The Morgan fingerprint density at radius 1 is 1.53 bits per heavy atom. The number of carbonyl (C=O) groups is 2. The quantitative estimate of drug-likeness (QED) is 0.732. The summed E-state index contributed by atoms with van der Waals surface area (Å²) in [5.74, 6) is -1.51. The molecule has 1 aromatic rings. The molecule has 0 aromatic carbocycles. The summed E-state index contributed by atoms with van der Waals surface area (Å²) < 4.78 is 0. The Labute approximate surface area is 86.3 Å². The molecule has 1 rings (SSSR count). The first kappa shape index (κ1) is 11.1. The van der Waals surface area contributed by atoms with Gasteiger partial charge in [-0.3, -0.25) is 4.79 Å². The monoisotopic (exact) mass is 209 g/mol. The van der Waals surface area contributed by atoms with Crippen LogP contribution in [0.15, 0.2) is 18.5 Å². The molecule has 0 saturated carbocycles. The van der Waals surface area contributed by atoms with Crippen LogP contribution in [0.2, 0.25) is 0 Å². The third-order valence-electron chi connectivity index (χ3n) is 1.86. The summed E-state index contributed by atoms with van der Waals surface area (Å²) in [5.41, 5.74) is 0.296. The van der Waals surface area contributed by atoms with Crippen LogP contribution < -0.4 is 5.32 Å². The van der Waals surface area contributed by atoms with Gasteiger partial charge in [0.25, 0.3) is 5.91 Å². The topological polar surface area (TPSA) is 92.2 Å². The van der Waals surface area contributed by atoms with Crippen molar-refractivity contribution in [2.24, 2.45) is 0 Å². The molecule has 15 heavy (non-hydrogen) atoms. The Hall–Kier alpha value is -1.98. The first-order chi connectivity index (χ1) is 7.15. The molecule has 1 heterocycles. The van der Waals surface area contributed by atoms with Crippen LogP contribution in [-0.4, -0.2) is 33.2 Å². The number of carbonyl (C=O) groups excluding carboxylic acids is 1. The zero-order valence-corrected chi connectivity index (χ0v) is 8.17. The average Bonchev–Trinajstić information content (AvgIpc) is 2.26. The van der Waals surface area contributed by atoms with Crippen LogP contribution in [0.25, 0.3) is 0 Å². The number of hydrogen-bond acceptors (Lipinski definition) is 4. The summed E-state index contributed by atoms with van der Waals surface area (Å²) in [5, 5.41) is 18.1. The summed E-state index contributed by atoms with van der Waals surface area (Å²) in [7, 11) is 0. The second-order valence-corrected chi connectivity index (χ2v) is 2.90. The fraction of sp³-hybridized carbons (Fsp3) is 0.333. The van der Waals surface area contributed by atoms with Crippen LogP contribution in [0.4, 0.5) is 0 Å². The number of hydrogen-bond donors (Lipinski definition) is 2. The second kappa shape index (κ2) is 5.04. The van der Waals surface area contributed by atoms with Gasteiger partial charge in [-0.25, -0.2) is 4.79 Å². The van der Waals surface area contributed by atoms with E-state index < -0.39 is 17.9 Å². The van der Waals surface area contributed by atoms with Crippen molar-refractivity contribution in [1.29, 1.82) is 0 Å². The van der Waals surface area contributed by atoms with E-state index >= 15 is 0 Å². The Kier molecular flexibility index (Phi) is 3.73. The first-order valence-electron chi connectivity index (χ1n) is 4.45. The van der Waals surface area contributed by atoms with Crippen LogP contribution in [0, 0.1) is 0 Å². The summed E-state index contributed by atoms with van der Waals surface area (Å²) in [6.45, 7) is 1.68. The van der Waals surface area contributed by atoms with Gasteiger partial charge >= 0.3 is 5.97 Å². The largest absolute Gasteiger partial charge is 0.480 e. The van der Waals surface area contributed by atoms with Crippen molar-refractivity contribution < 1.29 is 14.7 Å². The minimum absolute atomic E-state index is 0.296. The number of carboxylic acids is 1. The molecule has 0 saturated heterocycles. The smallest absolute Gasteiger partial charge is 0.326 e. The van der Waals surface area contributed by atoms with E-state index in [1.54, 1.807) is 6.92 Å². The average molecular weight is 209 g/mol. The number of rotatable bonds is 4. The maximum Gasteiger partial charge on any atom is 0.326 e. The van der Waals surface area contributed by atoms with Crippen LogP contribution in [-0.2, 0) is 4.79 Å². The second-order valence-electron chi connectivity index (χ2n) is 2.90. The van der Waals surface area contributed by atoms with Gasteiger partial charge in [-0.15, -0.1) is 0 Å². The van der Waals surface area contributed by atoms with Crippen LogP contribution in [0.3, 0.4) is 0 Å². The highest BCUT2D eigenvalue weighted by Crippen LogP contribution is 1.97. The highest BCUT2D eigenvalue weighted by atomic mass is 16.4. The van der Waals surface area contributed by atoms with E-state index in [1.165, 1.54) is 18.5 Å². The predicted molar refractivity (Wildman–Crippen MR) is 51.2 cm³/mol.